The highest BCUT2D eigenvalue weighted by Gasteiger charge is 2.26. The lowest BCUT2D eigenvalue weighted by Crippen LogP contribution is -2.50. The summed E-state index contributed by atoms with van der Waals surface area (Å²) in [6.07, 6.45) is 31.0. The number of thioether (sulfide) groups is 1. The predicted molar refractivity (Wildman–Crippen MR) is 219 cm³/mol. The van der Waals surface area contributed by atoms with Crippen LogP contribution in [-0.4, -0.2) is 73.5 Å². The molecule has 2 atom stereocenters. The number of esters is 1. The number of carbonyl (C=O) groups excluding carboxylic acids is 3. The number of nitrogens with one attached hydrogen (secondary N) is 2. The van der Waals surface area contributed by atoms with Crippen molar-refractivity contribution in [3.8, 4) is 0 Å². The van der Waals surface area contributed by atoms with Crippen LogP contribution in [0.4, 0.5) is 0 Å². The molecule has 0 aromatic rings. The molecule has 300 valence electrons. The second kappa shape index (κ2) is 34.5. The van der Waals surface area contributed by atoms with Crippen molar-refractivity contribution in [3.63, 3.8) is 0 Å². The Morgan fingerprint density at radius 3 is 1.69 bits per heavy atom. The lowest BCUT2D eigenvalue weighted by Gasteiger charge is -2.29. The van der Waals surface area contributed by atoms with Gasteiger partial charge in [-0.05, 0) is 70.3 Å². The normalized spacial score (nSPS) is 15.1. The summed E-state index contributed by atoms with van der Waals surface area (Å²) in [5.41, 5.74) is 0. The number of rotatable bonds is 35. The Bertz CT molecular complexity index is 836. The van der Waals surface area contributed by atoms with Gasteiger partial charge in [0.15, 0.2) is 0 Å². The first kappa shape index (κ1) is 47.7. The first-order chi connectivity index (χ1) is 24.9. The first-order valence-corrected chi connectivity index (χ1v) is 23.1. The second-order valence-electron chi connectivity index (χ2n) is 15.6. The second-order valence-corrected chi connectivity index (χ2v) is 16.8. The Morgan fingerprint density at radius 1 is 0.647 bits per heavy atom. The Balaban J connectivity index is 2.49. The molecule has 0 aromatic carbocycles. The number of unbranched alkanes of at least 4 members (excludes halogenated alkanes) is 18. The number of nitrogens with zero attached hydrogens (tertiary/aromatic N) is 1. The average molecular weight is 738 g/mol. The molecule has 0 spiro atoms. The molecule has 7 nitrogen and oxygen atoms in total. The number of amides is 2. The van der Waals surface area contributed by atoms with Gasteiger partial charge < -0.3 is 20.3 Å². The minimum atomic E-state index is -0.535. The van der Waals surface area contributed by atoms with Gasteiger partial charge in [0.25, 0.3) is 0 Å². The molecule has 0 saturated carbocycles. The van der Waals surface area contributed by atoms with Crippen molar-refractivity contribution in [2.24, 2.45) is 11.8 Å². The van der Waals surface area contributed by atoms with Crippen molar-refractivity contribution in [1.29, 1.82) is 0 Å². The molecule has 1 rings (SSSR count). The lowest BCUT2D eigenvalue weighted by molar-refractivity contribution is -0.143. The van der Waals surface area contributed by atoms with Gasteiger partial charge in [-0.3, -0.25) is 14.4 Å². The Labute approximate surface area is 320 Å². The molecule has 1 fully saturated rings. The van der Waals surface area contributed by atoms with Crippen LogP contribution in [0.1, 0.15) is 194 Å². The molecule has 0 bridgehead atoms. The van der Waals surface area contributed by atoms with Gasteiger partial charge in [-0.1, -0.05) is 149 Å². The van der Waals surface area contributed by atoms with E-state index in [-0.39, 0.29) is 23.7 Å². The van der Waals surface area contributed by atoms with Crippen LogP contribution < -0.4 is 10.6 Å². The quantitative estimate of drug-likeness (QED) is 0.0497. The topological polar surface area (TPSA) is 87.7 Å². The third-order valence-corrected chi connectivity index (χ3v) is 11.7. The number of hydrogen-bond donors (Lipinski definition) is 2. The van der Waals surface area contributed by atoms with Crippen molar-refractivity contribution in [3.05, 3.63) is 0 Å². The summed E-state index contributed by atoms with van der Waals surface area (Å²) < 4.78 is 5.50. The molecule has 1 heterocycles. The van der Waals surface area contributed by atoms with Crippen LogP contribution in [0.15, 0.2) is 0 Å². The van der Waals surface area contributed by atoms with Crippen LogP contribution in [-0.2, 0) is 19.1 Å². The minimum absolute atomic E-state index is 0.0278. The van der Waals surface area contributed by atoms with Crippen molar-refractivity contribution >= 4 is 29.5 Å². The van der Waals surface area contributed by atoms with E-state index in [1.54, 1.807) is 11.8 Å². The maximum atomic E-state index is 13.7. The highest BCUT2D eigenvalue weighted by Crippen LogP contribution is 2.21. The van der Waals surface area contributed by atoms with Gasteiger partial charge in [0, 0.05) is 18.2 Å². The van der Waals surface area contributed by atoms with Gasteiger partial charge in [-0.2, -0.15) is 11.8 Å². The molecule has 1 aliphatic rings. The molecule has 0 radical (unpaired) electrons. The third-order valence-electron chi connectivity index (χ3n) is 10.7. The first-order valence-electron chi connectivity index (χ1n) is 21.9. The van der Waals surface area contributed by atoms with Crippen LogP contribution in [0, 0.1) is 11.8 Å². The molecule has 2 amide bonds. The van der Waals surface area contributed by atoms with E-state index in [1.165, 1.54) is 103 Å². The zero-order valence-corrected chi connectivity index (χ0v) is 34.9. The summed E-state index contributed by atoms with van der Waals surface area (Å²) in [5.74, 6) is 1.72. The number of ether oxygens (including phenoxy) is 1. The summed E-state index contributed by atoms with van der Waals surface area (Å²) in [7, 11) is 2.15. The van der Waals surface area contributed by atoms with E-state index < -0.39 is 6.04 Å². The number of likely N-dealkylation sites (tertiary alicyclic amines) is 1. The molecule has 0 aliphatic carbocycles. The van der Waals surface area contributed by atoms with Gasteiger partial charge in [0.05, 0.1) is 13.0 Å². The van der Waals surface area contributed by atoms with E-state index in [2.05, 4.69) is 43.4 Å². The third kappa shape index (κ3) is 27.9. The van der Waals surface area contributed by atoms with E-state index in [1.807, 2.05) is 0 Å². The van der Waals surface area contributed by atoms with E-state index in [0.717, 1.165) is 76.6 Å². The van der Waals surface area contributed by atoms with Crippen LogP contribution >= 0.6 is 11.8 Å². The average Bonchev–Trinajstić information content (AvgIpc) is 3.13. The highest BCUT2D eigenvalue weighted by molar-refractivity contribution is 7.99. The number of piperidine rings is 1. The summed E-state index contributed by atoms with van der Waals surface area (Å²) in [6, 6.07) is -0.535. The zero-order chi connectivity index (χ0) is 37.2. The predicted octanol–water partition coefficient (Wildman–Crippen LogP) is 10.6. The summed E-state index contributed by atoms with van der Waals surface area (Å²) in [6.45, 7) is 10.0. The fourth-order valence-corrected chi connectivity index (χ4v) is 7.99. The molecule has 1 saturated heterocycles. The Hall–Kier alpha value is -1.28. The fraction of sp³-hybridized carbons (Fsp3) is 0.930. The molecule has 0 aromatic heterocycles. The van der Waals surface area contributed by atoms with Crippen molar-refractivity contribution < 1.29 is 19.1 Å². The van der Waals surface area contributed by atoms with Gasteiger partial charge in [-0.15, -0.1) is 0 Å². The molecule has 2 N–H and O–H groups in total. The molecule has 51 heavy (non-hydrogen) atoms. The molecule has 1 aliphatic heterocycles. The molecule has 8 heteroatoms. The molecular weight excluding hydrogens is 655 g/mol. The van der Waals surface area contributed by atoms with Crippen molar-refractivity contribution in [2.75, 3.05) is 44.8 Å². The monoisotopic (exact) mass is 738 g/mol. The Kier molecular flexibility index (Phi) is 32.3. The van der Waals surface area contributed by atoms with Crippen LogP contribution in [0.25, 0.3) is 0 Å². The highest BCUT2D eigenvalue weighted by atomic mass is 32.2. The van der Waals surface area contributed by atoms with Crippen LogP contribution in [0.3, 0.4) is 0 Å². The lowest BCUT2D eigenvalue weighted by atomic mass is 9.93. The van der Waals surface area contributed by atoms with Crippen molar-refractivity contribution in [2.45, 2.75) is 200 Å². The minimum Gasteiger partial charge on any atom is -0.466 e. The standard InChI is InChI=1S/C43H83N3O4S/c1-5-8-11-14-16-17-18-19-20-22-25-34-50-41(47)31-36-51-35-30-40(43(49)44-37-38-28-32-46(4)33-29-38)45-42(48)39(26-23-13-10-7-3)27-24-21-15-12-9-6-2/h38-40H,5-37H2,1-4H3,(H,44,49)(H,45,48). The SMILES string of the molecule is CCCCCCCCCCCCCOC(=O)CCSCCC(NC(=O)C(CCCCCC)CCCCCCCC)C(=O)NCC1CCN(C)CC1. The van der Waals surface area contributed by atoms with Crippen LogP contribution in [0.2, 0.25) is 0 Å². The largest absolute Gasteiger partial charge is 0.466 e. The van der Waals surface area contributed by atoms with Gasteiger partial charge in [0.2, 0.25) is 11.8 Å². The summed E-state index contributed by atoms with van der Waals surface area (Å²) in [4.78, 5) is 41.9. The Morgan fingerprint density at radius 2 is 1.14 bits per heavy atom. The molecule has 2 unspecified atom stereocenters. The maximum absolute atomic E-state index is 13.7. The smallest absolute Gasteiger partial charge is 0.306 e. The molecular formula is C43H83N3O4S. The maximum Gasteiger partial charge on any atom is 0.306 e. The number of carbonyl (C=O) groups is 3. The zero-order valence-electron chi connectivity index (χ0n) is 34.1. The van der Waals surface area contributed by atoms with E-state index in [0.29, 0.717) is 37.7 Å². The van der Waals surface area contributed by atoms with E-state index >= 15 is 0 Å². The van der Waals surface area contributed by atoms with Crippen LogP contribution in [0.5, 0.6) is 0 Å². The fourth-order valence-electron chi connectivity index (χ4n) is 7.07. The van der Waals surface area contributed by atoms with E-state index in [9.17, 15) is 14.4 Å². The van der Waals surface area contributed by atoms with Gasteiger partial charge in [-0.25, -0.2) is 0 Å². The summed E-state index contributed by atoms with van der Waals surface area (Å²) in [5, 5.41) is 6.42. The summed E-state index contributed by atoms with van der Waals surface area (Å²) >= 11 is 1.68. The van der Waals surface area contributed by atoms with Crippen molar-refractivity contribution in [1.82, 2.24) is 15.5 Å². The van der Waals surface area contributed by atoms with Gasteiger partial charge in [0.1, 0.15) is 6.04 Å². The van der Waals surface area contributed by atoms with Gasteiger partial charge >= 0.3 is 5.97 Å². The van der Waals surface area contributed by atoms with E-state index in [4.69, 9.17) is 4.74 Å². The number of hydrogen-bond acceptors (Lipinski definition) is 6.